The number of guanidine groups is 1. The molecule has 24 heavy (non-hydrogen) atoms. The Balaban J connectivity index is 1.48. The van der Waals surface area contributed by atoms with Crippen LogP contribution in [-0.4, -0.2) is 36.1 Å². The summed E-state index contributed by atoms with van der Waals surface area (Å²) < 4.78 is 0. The average Bonchev–Trinajstić information content (AvgIpc) is 3.18. The second-order valence-electron chi connectivity index (χ2n) is 5.82. The molecule has 1 saturated heterocycles. The second kappa shape index (κ2) is 8.29. The normalized spacial score (nSPS) is 14.7. The van der Waals surface area contributed by atoms with Crippen LogP contribution in [0.1, 0.15) is 24.1 Å². The fourth-order valence-electron chi connectivity index (χ4n) is 2.74. The monoisotopic (exact) mass is 324 g/mol. The highest BCUT2D eigenvalue weighted by atomic mass is 15.2. The maximum atomic E-state index is 4.57. The van der Waals surface area contributed by atoms with Gasteiger partial charge in [-0.05, 0) is 36.6 Å². The van der Waals surface area contributed by atoms with Gasteiger partial charge in [0.15, 0.2) is 5.96 Å². The van der Waals surface area contributed by atoms with E-state index < -0.39 is 0 Å². The molecule has 1 aliphatic heterocycles. The van der Waals surface area contributed by atoms with Crippen molar-refractivity contribution in [1.82, 2.24) is 20.6 Å². The topological polar surface area (TPSA) is 65.4 Å². The van der Waals surface area contributed by atoms with E-state index in [1.165, 1.54) is 12.8 Å². The van der Waals surface area contributed by atoms with Crippen molar-refractivity contribution in [2.24, 2.45) is 4.99 Å². The van der Waals surface area contributed by atoms with E-state index >= 15 is 0 Å². The minimum absolute atomic E-state index is 0.645. The molecule has 0 atom stereocenters. The van der Waals surface area contributed by atoms with Gasteiger partial charge in [0.05, 0.1) is 12.2 Å². The van der Waals surface area contributed by atoms with Crippen molar-refractivity contribution in [3.8, 4) is 0 Å². The van der Waals surface area contributed by atoms with Gasteiger partial charge >= 0.3 is 0 Å². The van der Waals surface area contributed by atoms with Crippen LogP contribution in [0.25, 0.3) is 0 Å². The van der Waals surface area contributed by atoms with Gasteiger partial charge in [0.25, 0.3) is 0 Å². The van der Waals surface area contributed by atoms with Crippen molar-refractivity contribution < 1.29 is 0 Å². The van der Waals surface area contributed by atoms with Gasteiger partial charge in [-0.3, -0.25) is 9.98 Å². The Morgan fingerprint density at radius 1 is 1.08 bits per heavy atom. The van der Waals surface area contributed by atoms with Gasteiger partial charge in [-0.2, -0.15) is 0 Å². The molecule has 0 unspecified atom stereocenters. The smallest absolute Gasteiger partial charge is 0.191 e. The van der Waals surface area contributed by atoms with Gasteiger partial charge in [0.2, 0.25) is 0 Å². The Kier molecular flexibility index (Phi) is 5.61. The van der Waals surface area contributed by atoms with E-state index in [4.69, 9.17) is 0 Å². The number of pyridine rings is 2. The summed E-state index contributed by atoms with van der Waals surface area (Å²) in [5, 5.41) is 6.56. The van der Waals surface area contributed by atoms with Crippen molar-refractivity contribution in [1.29, 1.82) is 0 Å². The van der Waals surface area contributed by atoms with E-state index in [9.17, 15) is 0 Å². The summed E-state index contributed by atoms with van der Waals surface area (Å²) in [5.41, 5.74) is 2.12. The number of hydrogen-bond donors (Lipinski definition) is 2. The third-order valence-electron chi connectivity index (χ3n) is 4.09. The Morgan fingerprint density at radius 2 is 1.92 bits per heavy atom. The first kappa shape index (κ1) is 16.2. The Bertz CT molecular complexity index is 647. The summed E-state index contributed by atoms with van der Waals surface area (Å²) in [4.78, 5) is 15.4. The van der Waals surface area contributed by atoms with Crippen LogP contribution < -0.4 is 15.5 Å². The molecule has 0 aliphatic carbocycles. The van der Waals surface area contributed by atoms with Gasteiger partial charge in [0.1, 0.15) is 5.82 Å². The van der Waals surface area contributed by atoms with Crippen LogP contribution in [0, 0.1) is 0 Å². The highest BCUT2D eigenvalue weighted by molar-refractivity contribution is 5.79. The number of hydrogen-bond acceptors (Lipinski definition) is 4. The van der Waals surface area contributed by atoms with Gasteiger partial charge < -0.3 is 15.5 Å². The maximum absolute atomic E-state index is 4.57. The zero-order valence-corrected chi connectivity index (χ0v) is 14.1. The summed E-state index contributed by atoms with van der Waals surface area (Å²) in [7, 11) is 1.77. The summed E-state index contributed by atoms with van der Waals surface area (Å²) in [6.45, 7) is 3.57. The summed E-state index contributed by atoms with van der Waals surface area (Å²) in [6.07, 6.45) is 6.26. The molecule has 3 rings (SSSR count). The van der Waals surface area contributed by atoms with E-state index in [-0.39, 0.29) is 0 Å². The van der Waals surface area contributed by atoms with Crippen molar-refractivity contribution in [3.63, 3.8) is 0 Å². The quantitative estimate of drug-likeness (QED) is 0.650. The molecule has 0 spiro atoms. The molecule has 0 bridgehead atoms. The second-order valence-corrected chi connectivity index (χ2v) is 5.82. The van der Waals surface area contributed by atoms with Crippen LogP contribution in [0.3, 0.4) is 0 Å². The molecule has 2 N–H and O–H groups in total. The molecule has 2 aromatic heterocycles. The number of aromatic nitrogens is 2. The zero-order chi connectivity index (χ0) is 16.6. The molecule has 0 aromatic carbocycles. The molecular formula is C18H24N6. The molecule has 6 heteroatoms. The number of aliphatic imine (C=N–C) groups is 1. The third kappa shape index (κ3) is 4.44. The summed E-state index contributed by atoms with van der Waals surface area (Å²) in [6, 6.07) is 10.1. The van der Waals surface area contributed by atoms with Crippen molar-refractivity contribution in [3.05, 3.63) is 54.0 Å². The molecule has 1 aliphatic rings. The van der Waals surface area contributed by atoms with E-state index in [1.54, 1.807) is 13.2 Å². The summed E-state index contributed by atoms with van der Waals surface area (Å²) in [5.74, 6) is 1.83. The van der Waals surface area contributed by atoms with Gasteiger partial charge in [0, 0.05) is 39.1 Å². The average molecular weight is 324 g/mol. The molecule has 1 fully saturated rings. The summed E-state index contributed by atoms with van der Waals surface area (Å²) >= 11 is 0. The van der Waals surface area contributed by atoms with E-state index in [1.807, 2.05) is 24.4 Å². The predicted molar refractivity (Wildman–Crippen MR) is 97.0 cm³/mol. The number of nitrogens with one attached hydrogen (secondary N) is 2. The van der Waals surface area contributed by atoms with E-state index in [0.29, 0.717) is 13.1 Å². The first-order valence-corrected chi connectivity index (χ1v) is 8.39. The molecule has 3 heterocycles. The first-order chi connectivity index (χ1) is 11.8. The molecule has 0 amide bonds. The minimum Gasteiger partial charge on any atom is -0.357 e. The molecule has 0 radical (unpaired) electrons. The number of anilines is 1. The fraction of sp³-hybridized carbons (Fsp3) is 0.389. The molecule has 6 nitrogen and oxygen atoms in total. The van der Waals surface area contributed by atoms with E-state index in [0.717, 1.165) is 36.1 Å². The molecule has 2 aromatic rings. The highest BCUT2D eigenvalue weighted by Crippen LogP contribution is 2.17. The number of nitrogens with zero attached hydrogens (tertiary/aromatic N) is 4. The van der Waals surface area contributed by atoms with Gasteiger partial charge in [-0.1, -0.05) is 12.1 Å². The largest absolute Gasteiger partial charge is 0.357 e. The molecule has 0 saturated carbocycles. The standard InChI is InChI=1S/C18H24N6/c1-19-18(23-14-16-6-2-3-9-20-16)22-13-15-7-8-17(21-12-15)24-10-4-5-11-24/h2-3,6-9,12H,4-5,10-11,13-14H2,1H3,(H2,19,22,23). The van der Waals surface area contributed by atoms with Crippen LogP contribution in [0.5, 0.6) is 0 Å². The maximum Gasteiger partial charge on any atom is 0.191 e. The lowest BCUT2D eigenvalue weighted by molar-refractivity contribution is 0.792. The van der Waals surface area contributed by atoms with Crippen LogP contribution in [0.2, 0.25) is 0 Å². The van der Waals surface area contributed by atoms with Crippen LogP contribution in [-0.2, 0) is 13.1 Å². The Morgan fingerprint density at radius 3 is 2.58 bits per heavy atom. The lowest BCUT2D eigenvalue weighted by atomic mass is 10.3. The minimum atomic E-state index is 0.645. The fourth-order valence-corrected chi connectivity index (χ4v) is 2.74. The SMILES string of the molecule is CN=C(NCc1ccc(N2CCCC2)nc1)NCc1ccccn1. The highest BCUT2D eigenvalue weighted by Gasteiger charge is 2.12. The lowest BCUT2D eigenvalue weighted by Crippen LogP contribution is -2.36. The van der Waals surface area contributed by atoms with Crippen LogP contribution in [0.4, 0.5) is 5.82 Å². The van der Waals surface area contributed by atoms with Crippen molar-refractivity contribution in [2.75, 3.05) is 25.0 Å². The lowest BCUT2D eigenvalue weighted by Gasteiger charge is -2.16. The third-order valence-corrected chi connectivity index (χ3v) is 4.09. The predicted octanol–water partition coefficient (Wildman–Crippen LogP) is 1.94. The van der Waals surface area contributed by atoms with Crippen LogP contribution in [0.15, 0.2) is 47.7 Å². The number of rotatable bonds is 5. The van der Waals surface area contributed by atoms with Gasteiger partial charge in [-0.15, -0.1) is 0 Å². The van der Waals surface area contributed by atoms with Crippen molar-refractivity contribution in [2.45, 2.75) is 25.9 Å². The van der Waals surface area contributed by atoms with Crippen molar-refractivity contribution >= 4 is 11.8 Å². The van der Waals surface area contributed by atoms with Crippen LogP contribution >= 0.6 is 0 Å². The Hall–Kier alpha value is -2.63. The van der Waals surface area contributed by atoms with E-state index in [2.05, 4.69) is 42.6 Å². The zero-order valence-electron chi connectivity index (χ0n) is 14.1. The first-order valence-electron chi connectivity index (χ1n) is 8.39. The molecular weight excluding hydrogens is 300 g/mol. The molecule has 126 valence electrons. The van der Waals surface area contributed by atoms with Gasteiger partial charge in [-0.25, -0.2) is 4.98 Å². The Labute approximate surface area is 143 Å².